The average molecular weight is 452 g/mol. The molecule has 3 unspecified atom stereocenters. The predicted octanol–water partition coefficient (Wildman–Crippen LogP) is 3.25. The molecule has 3 N–H and O–H groups in total. The first kappa shape index (κ1) is 24.8. The zero-order valence-electron chi connectivity index (χ0n) is 20.0. The fourth-order valence-corrected chi connectivity index (χ4v) is 4.77. The molecule has 6 heteroatoms. The van der Waals surface area contributed by atoms with Crippen LogP contribution in [0.3, 0.4) is 0 Å². The lowest BCUT2D eigenvalue weighted by atomic mass is 9.67. The van der Waals surface area contributed by atoms with Crippen LogP contribution in [0.2, 0.25) is 0 Å². The molecule has 0 radical (unpaired) electrons. The summed E-state index contributed by atoms with van der Waals surface area (Å²) in [4.78, 5) is 27.0. The first-order valence-corrected chi connectivity index (χ1v) is 11.9. The number of benzene rings is 2. The summed E-state index contributed by atoms with van der Waals surface area (Å²) in [5.41, 5.74) is 2.22. The monoisotopic (exact) mass is 451 g/mol. The molecule has 2 aromatic rings. The minimum absolute atomic E-state index is 0.0128. The normalized spacial score (nSPS) is 21.8. The van der Waals surface area contributed by atoms with Crippen LogP contribution in [-0.2, 0) is 21.4 Å². The quantitative estimate of drug-likeness (QED) is 0.511. The van der Waals surface area contributed by atoms with Crippen molar-refractivity contribution in [1.82, 2.24) is 15.5 Å². The van der Waals surface area contributed by atoms with Gasteiger partial charge in [0.25, 0.3) is 0 Å². The predicted molar refractivity (Wildman–Crippen MR) is 131 cm³/mol. The van der Waals surface area contributed by atoms with Crippen LogP contribution in [0.25, 0.3) is 0 Å². The van der Waals surface area contributed by atoms with E-state index in [9.17, 15) is 14.7 Å². The number of amides is 2. The molecule has 2 amide bonds. The lowest BCUT2D eigenvalue weighted by Gasteiger charge is -2.47. The van der Waals surface area contributed by atoms with Gasteiger partial charge in [-0.25, -0.2) is 0 Å². The number of hydrogen-bond acceptors (Lipinski definition) is 4. The van der Waals surface area contributed by atoms with Crippen molar-refractivity contribution in [2.45, 2.75) is 51.0 Å². The molecule has 0 aromatic heterocycles. The van der Waals surface area contributed by atoms with Gasteiger partial charge in [0.05, 0.1) is 6.04 Å². The van der Waals surface area contributed by atoms with E-state index in [0.717, 1.165) is 30.6 Å². The SMILES string of the molecule is CNC(=O)CCCNC(=O)C(Cc1ccccc1)N1CCC(C)(c2cccc(O)c2)C(C)C1. The standard InChI is InChI=1S/C27H37N3O3/c1-20-19-30(16-14-27(20,2)22-11-7-12-23(31)18-22)24(17-21-9-5-4-6-10-21)26(33)29-15-8-13-25(32)28-3/h4-7,9-12,18,20,24,31H,8,13-17,19H2,1-3H3,(H,28,32)(H,29,33). The van der Waals surface area contributed by atoms with E-state index in [1.807, 2.05) is 30.3 Å². The highest BCUT2D eigenvalue weighted by atomic mass is 16.3. The molecule has 1 aliphatic rings. The Kier molecular flexibility index (Phi) is 8.50. The van der Waals surface area contributed by atoms with E-state index in [0.29, 0.717) is 37.5 Å². The number of phenols is 1. The first-order chi connectivity index (χ1) is 15.8. The molecular weight excluding hydrogens is 414 g/mol. The van der Waals surface area contributed by atoms with E-state index in [2.05, 4.69) is 47.6 Å². The van der Waals surface area contributed by atoms with Crippen LogP contribution in [0.5, 0.6) is 5.75 Å². The molecule has 178 valence electrons. The summed E-state index contributed by atoms with van der Waals surface area (Å²) in [6, 6.07) is 17.4. The van der Waals surface area contributed by atoms with Gasteiger partial charge >= 0.3 is 0 Å². The fraction of sp³-hybridized carbons (Fsp3) is 0.481. The summed E-state index contributed by atoms with van der Waals surface area (Å²) >= 11 is 0. The van der Waals surface area contributed by atoms with Crippen LogP contribution < -0.4 is 10.6 Å². The van der Waals surface area contributed by atoms with Crippen LogP contribution in [-0.4, -0.2) is 54.5 Å². The third kappa shape index (κ3) is 6.35. The zero-order valence-corrected chi connectivity index (χ0v) is 20.0. The number of nitrogens with zero attached hydrogens (tertiary/aromatic N) is 1. The van der Waals surface area contributed by atoms with Crippen molar-refractivity contribution in [1.29, 1.82) is 0 Å². The maximum Gasteiger partial charge on any atom is 0.237 e. The second kappa shape index (κ2) is 11.3. The van der Waals surface area contributed by atoms with E-state index in [4.69, 9.17) is 0 Å². The number of rotatable bonds is 9. The third-order valence-electron chi connectivity index (χ3n) is 7.19. The van der Waals surface area contributed by atoms with Crippen LogP contribution in [0.4, 0.5) is 0 Å². The van der Waals surface area contributed by atoms with Gasteiger partial charge in [-0.15, -0.1) is 0 Å². The third-order valence-corrected chi connectivity index (χ3v) is 7.19. The Bertz CT molecular complexity index is 933. The number of carbonyl (C=O) groups is 2. The average Bonchev–Trinajstić information content (AvgIpc) is 2.82. The Morgan fingerprint density at radius 1 is 1.18 bits per heavy atom. The number of piperidine rings is 1. The second-order valence-corrected chi connectivity index (χ2v) is 9.39. The van der Waals surface area contributed by atoms with Gasteiger partial charge in [0.15, 0.2) is 0 Å². The van der Waals surface area contributed by atoms with Gasteiger partial charge < -0.3 is 15.7 Å². The van der Waals surface area contributed by atoms with Gasteiger partial charge in [-0.2, -0.15) is 0 Å². The van der Waals surface area contributed by atoms with E-state index in [1.54, 1.807) is 13.1 Å². The molecule has 33 heavy (non-hydrogen) atoms. The largest absolute Gasteiger partial charge is 0.508 e. The van der Waals surface area contributed by atoms with Gasteiger partial charge in [0, 0.05) is 26.6 Å². The van der Waals surface area contributed by atoms with Crippen LogP contribution in [0.1, 0.15) is 44.2 Å². The van der Waals surface area contributed by atoms with Gasteiger partial charge in [0.2, 0.25) is 11.8 Å². The first-order valence-electron chi connectivity index (χ1n) is 11.9. The Hall–Kier alpha value is -2.86. The van der Waals surface area contributed by atoms with Crippen molar-refractivity contribution in [3.05, 3.63) is 65.7 Å². The Morgan fingerprint density at radius 3 is 2.61 bits per heavy atom. The highest BCUT2D eigenvalue weighted by Crippen LogP contribution is 2.40. The molecule has 6 nitrogen and oxygen atoms in total. The van der Waals surface area contributed by atoms with Crippen molar-refractivity contribution in [3.8, 4) is 5.75 Å². The Balaban J connectivity index is 1.71. The van der Waals surface area contributed by atoms with Crippen LogP contribution in [0, 0.1) is 5.92 Å². The van der Waals surface area contributed by atoms with Gasteiger partial charge in [0.1, 0.15) is 5.75 Å². The maximum absolute atomic E-state index is 13.3. The van der Waals surface area contributed by atoms with Crippen molar-refractivity contribution >= 4 is 11.8 Å². The number of likely N-dealkylation sites (tertiary alicyclic amines) is 1. The summed E-state index contributed by atoms with van der Waals surface area (Å²) in [6.07, 6.45) is 2.59. The number of hydrogen-bond donors (Lipinski definition) is 3. The van der Waals surface area contributed by atoms with Crippen LogP contribution >= 0.6 is 0 Å². The Labute approximate surface area is 197 Å². The molecule has 0 spiro atoms. The molecule has 2 aromatic carbocycles. The smallest absolute Gasteiger partial charge is 0.237 e. The van der Waals surface area contributed by atoms with E-state index < -0.39 is 0 Å². The fourth-order valence-electron chi connectivity index (χ4n) is 4.77. The molecule has 3 rings (SSSR count). The van der Waals surface area contributed by atoms with Crippen LogP contribution in [0.15, 0.2) is 54.6 Å². The molecule has 3 atom stereocenters. The second-order valence-electron chi connectivity index (χ2n) is 9.39. The van der Waals surface area contributed by atoms with Crippen molar-refractivity contribution in [2.75, 3.05) is 26.7 Å². The molecular formula is C27H37N3O3. The minimum Gasteiger partial charge on any atom is -0.508 e. The lowest BCUT2D eigenvalue weighted by molar-refractivity contribution is -0.128. The summed E-state index contributed by atoms with van der Waals surface area (Å²) in [5, 5.41) is 15.7. The van der Waals surface area contributed by atoms with E-state index >= 15 is 0 Å². The Morgan fingerprint density at radius 2 is 1.94 bits per heavy atom. The molecule has 1 saturated heterocycles. The van der Waals surface area contributed by atoms with Crippen molar-refractivity contribution in [3.63, 3.8) is 0 Å². The molecule has 0 aliphatic carbocycles. The summed E-state index contributed by atoms with van der Waals surface area (Å²) < 4.78 is 0. The highest BCUT2D eigenvalue weighted by Gasteiger charge is 2.41. The lowest BCUT2D eigenvalue weighted by Crippen LogP contribution is -2.56. The zero-order chi connectivity index (χ0) is 23.8. The number of aromatic hydroxyl groups is 1. The summed E-state index contributed by atoms with van der Waals surface area (Å²) in [5.74, 6) is 0.610. The topological polar surface area (TPSA) is 81.7 Å². The van der Waals surface area contributed by atoms with Gasteiger partial charge in [-0.1, -0.05) is 56.3 Å². The number of nitrogens with one attached hydrogen (secondary N) is 2. The van der Waals surface area contributed by atoms with Crippen molar-refractivity contribution < 1.29 is 14.7 Å². The van der Waals surface area contributed by atoms with E-state index in [1.165, 1.54) is 0 Å². The maximum atomic E-state index is 13.3. The van der Waals surface area contributed by atoms with Gasteiger partial charge in [-0.3, -0.25) is 14.5 Å². The molecule has 0 saturated carbocycles. The molecule has 1 aliphatic heterocycles. The summed E-state index contributed by atoms with van der Waals surface area (Å²) in [7, 11) is 1.62. The number of phenolic OH excluding ortho intramolecular Hbond substituents is 1. The van der Waals surface area contributed by atoms with Gasteiger partial charge in [-0.05, 0) is 60.4 Å². The number of carbonyl (C=O) groups excluding carboxylic acids is 2. The molecule has 0 bridgehead atoms. The highest BCUT2D eigenvalue weighted by molar-refractivity contribution is 5.82. The molecule has 1 heterocycles. The summed E-state index contributed by atoms with van der Waals surface area (Å²) in [6.45, 7) is 6.59. The van der Waals surface area contributed by atoms with E-state index in [-0.39, 0.29) is 23.3 Å². The molecule has 1 fully saturated rings. The van der Waals surface area contributed by atoms with Crippen molar-refractivity contribution in [2.24, 2.45) is 5.92 Å². The minimum atomic E-state index is -0.261.